The van der Waals surface area contributed by atoms with Crippen molar-refractivity contribution in [3.8, 4) is 5.75 Å². The van der Waals surface area contributed by atoms with E-state index in [1.165, 1.54) is 23.1 Å². The summed E-state index contributed by atoms with van der Waals surface area (Å²) in [7, 11) is 3.10. The average molecular weight is 456 g/mol. The van der Waals surface area contributed by atoms with Crippen LogP contribution >= 0.6 is 0 Å². The molecule has 174 valence electrons. The molecule has 1 saturated heterocycles. The van der Waals surface area contributed by atoms with Crippen LogP contribution in [0.15, 0.2) is 36.4 Å². The molecule has 0 radical (unpaired) electrons. The van der Waals surface area contributed by atoms with Crippen LogP contribution in [0, 0.1) is 5.82 Å². The zero-order valence-corrected chi connectivity index (χ0v) is 18.3. The van der Waals surface area contributed by atoms with Crippen LogP contribution in [0.25, 0.3) is 0 Å². The molecule has 9 nitrogen and oxygen atoms in total. The maximum absolute atomic E-state index is 14.4. The predicted molar refractivity (Wildman–Crippen MR) is 117 cm³/mol. The normalized spacial score (nSPS) is 19.7. The first kappa shape index (κ1) is 22.5. The van der Waals surface area contributed by atoms with Crippen LogP contribution in [0.4, 0.5) is 14.9 Å². The number of nitrogens with zero attached hydrogens (tertiary/aromatic N) is 2. The molecule has 2 aromatic carbocycles. The minimum absolute atomic E-state index is 0.103. The van der Waals surface area contributed by atoms with Crippen LogP contribution in [-0.4, -0.2) is 59.2 Å². The fourth-order valence-corrected chi connectivity index (χ4v) is 4.02. The zero-order valence-electron chi connectivity index (χ0n) is 18.3. The lowest BCUT2D eigenvalue weighted by molar-refractivity contribution is -0.129. The van der Waals surface area contributed by atoms with Gasteiger partial charge < -0.3 is 30.3 Å². The fraction of sp³-hybridized carbons (Fsp3) is 0.348. The van der Waals surface area contributed by atoms with Gasteiger partial charge in [-0.15, -0.1) is 0 Å². The first-order chi connectivity index (χ1) is 15.7. The van der Waals surface area contributed by atoms with Gasteiger partial charge in [-0.3, -0.25) is 9.59 Å². The highest BCUT2D eigenvalue weighted by Crippen LogP contribution is 2.33. The van der Waals surface area contributed by atoms with Gasteiger partial charge in [-0.1, -0.05) is 6.07 Å². The van der Waals surface area contributed by atoms with Crippen LogP contribution < -0.4 is 15.4 Å². The van der Waals surface area contributed by atoms with Gasteiger partial charge in [0, 0.05) is 56.0 Å². The van der Waals surface area contributed by atoms with Gasteiger partial charge in [0.15, 0.2) is 0 Å². The van der Waals surface area contributed by atoms with Crippen molar-refractivity contribution in [2.24, 2.45) is 0 Å². The monoisotopic (exact) mass is 456 g/mol. The number of amides is 3. The largest absolute Gasteiger partial charge is 0.414 e. The van der Waals surface area contributed by atoms with E-state index in [1.54, 1.807) is 37.2 Å². The summed E-state index contributed by atoms with van der Waals surface area (Å²) < 4.78 is 19.6. The number of hydrogen-bond donors (Lipinski definition) is 3. The number of carbonyl (C=O) groups excluding carboxylic acids is 3. The van der Waals surface area contributed by atoms with Crippen LogP contribution in [0.2, 0.25) is 0 Å². The molecule has 4 rings (SSSR count). The molecule has 0 aliphatic carbocycles. The lowest BCUT2D eigenvalue weighted by Gasteiger charge is -2.35. The van der Waals surface area contributed by atoms with Crippen molar-refractivity contribution in [1.82, 2.24) is 15.1 Å². The number of anilines is 1. The molecule has 2 heterocycles. The maximum atomic E-state index is 14.4. The molecule has 2 aromatic rings. The Morgan fingerprint density at radius 1 is 1.30 bits per heavy atom. The number of halogens is 1. The Hall–Kier alpha value is -3.66. The molecule has 3 amide bonds. The van der Waals surface area contributed by atoms with Crippen LogP contribution in [-0.2, 0) is 17.9 Å². The van der Waals surface area contributed by atoms with Gasteiger partial charge >= 0.3 is 6.09 Å². The van der Waals surface area contributed by atoms with E-state index in [1.807, 2.05) is 0 Å². The summed E-state index contributed by atoms with van der Waals surface area (Å²) in [6, 6.07) is 8.77. The molecule has 0 saturated carbocycles. The standard InChI is InChI=1S/C23H25FN4O5/c1-27(2)23(32)33-14-6-7-17(24)13(10-14)11-25-18-5-3-4-15-16(18)12-28(22(15)31)19-8-9-20(29)26-21(19)30/h3-7,10,19,21,25,30H,8-9,11-12H2,1-2H3,(H,26,29)/t19-,21?/m1/s1. The minimum atomic E-state index is -1.12. The third-order valence-corrected chi connectivity index (χ3v) is 5.79. The number of benzene rings is 2. The first-order valence-corrected chi connectivity index (χ1v) is 10.6. The third kappa shape index (κ3) is 4.61. The molecular formula is C23H25FN4O5. The molecule has 0 aromatic heterocycles. The number of aliphatic hydroxyl groups excluding tert-OH is 1. The van der Waals surface area contributed by atoms with Crippen molar-refractivity contribution in [1.29, 1.82) is 0 Å². The van der Waals surface area contributed by atoms with E-state index in [0.717, 1.165) is 5.56 Å². The second-order valence-corrected chi connectivity index (χ2v) is 8.25. The Balaban J connectivity index is 1.50. The predicted octanol–water partition coefficient (Wildman–Crippen LogP) is 2.05. The smallest absolute Gasteiger partial charge is 0.410 e. The van der Waals surface area contributed by atoms with Gasteiger partial charge in [-0.25, -0.2) is 9.18 Å². The van der Waals surface area contributed by atoms with Crippen LogP contribution in [0.3, 0.4) is 0 Å². The van der Waals surface area contributed by atoms with E-state index in [9.17, 15) is 23.9 Å². The Bertz CT molecular complexity index is 1110. The second kappa shape index (κ2) is 9.07. The molecular weight excluding hydrogens is 431 g/mol. The number of ether oxygens (including phenoxy) is 1. The van der Waals surface area contributed by atoms with Crippen molar-refractivity contribution in [3.63, 3.8) is 0 Å². The van der Waals surface area contributed by atoms with Gasteiger partial charge in [0.25, 0.3) is 5.91 Å². The van der Waals surface area contributed by atoms with E-state index >= 15 is 0 Å². The SMILES string of the molecule is CN(C)C(=O)Oc1ccc(F)c(CNc2cccc3c2CN([C@@H]2CCC(=O)NC2O)C3=O)c1. The van der Waals surface area contributed by atoms with Gasteiger partial charge in [0.1, 0.15) is 17.8 Å². The Labute approximate surface area is 190 Å². The molecule has 1 fully saturated rings. The van der Waals surface area contributed by atoms with Gasteiger partial charge in [-0.2, -0.15) is 0 Å². The van der Waals surface area contributed by atoms with E-state index < -0.39 is 24.2 Å². The maximum Gasteiger partial charge on any atom is 0.414 e. The zero-order chi connectivity index (χ0) is 23.7. The van der Waals surface area contributed by atoms with E-state index in [-0.39, 0.29) is 37.1 Å². The summed E-state index contributed by atoms with van der Waals surface area (Å²) in [5, 5.41) is 15.9. The van der Waals surface area contributed by atoms with Crippen molar-refractivity contribution >= 4 is 23.6 Å². The van der Waals surface area contributed by atoms with E-state index in [2.05, 4.69) is 10.6 Å². The number of hydrogen-bond acceptors (Lipinski definition) is 6. The number of aliphatic hydroxyl groups is 1. The lowest BCUT2D eigenvalue weighted by atomic mass is 10.0. The quantitative estimate of drug-likeness (QED) is 0.635. The number of carbonyl (C=O) groups is 3. The second-order valence-electron chi connectivity index (χ2n) is 8.25. The molecule has 0 bridgehead atoms. The lowest BCUT2D eigenvalue weighted by Crippen LogP contribution is -2.55. The molecule has 10 heteroatoms. The topological polar surface area (TPSA) is 111 Å². The number of piperidine rings is 1. The van der Waals surface area contributed by atoms with Gasteiger partial charge in [0.05, 0.1) is 6.04 Å². The van der Waals surface area contributed by atoms with Gasteiger partial charge in [0.2, 0.25) is 5.91 Å². The molecule has 1 unspecified atom stereocenters. The molecule has 2 atom stereocenters. The highest BCUT2D eigenvalue weighted by molar-refractivity contribution is 6.00. The Kier molecular flexibility index (Phi) is 6.19. The summed E-state index contributed by atoms with van der Waals surface area (Å²) in [5.74, 6) is -0.707. The molecule has 3 N–H and O–H groups in total. The van der Waals surface area contributed by atoms with E-state index in [0.29, 0.717) is 23.2 Å². The number of nitrogens with one attached hydrogen (secondary N) is 2. The van der Waals surface area contributed by atoms with Crippen molar-refractivity contribution in [2.75, 3.05) is 19.4 Å². The molecule has 2 aliphatic rings. The van der Waals surface area contributed by atoms with Crippen molar-refractivity contribution in [2.45, 2.75) is 38.2 Å². The summed E-state index contributed by atoms with van der Waals surface area (Å²) in [5.41, 5.74) is 2.19. The summed E-state index contributed by atoms with van der Waals surface area (Å²) in [6.07, 6.45) is -1.08. The first-order valence-electron chi connectivity index (χ1n) is 10.6. The highest BCUT2D eigenvalue weighted by Gasteiger charge is 2.39. The van der Waals surface area contributed by atoms with Crippen molar-refractivity contribution in [3.05, 3.63) is 58.9 Å². The van der Waals surface area contributed by atoms with Gasteiger partial charge in [-0.05, 0) is 36.8 Å². The third-order valence-electron chi connectivity index (χ3n) is 5.79. The molecule has 0 spiro atoms. The summed E-state index contributed by atoms with van der Waals surface area (Å²) in [4.78, 5) is 39.1. The van der Waals surface area contributed by atoms with E-state index in [4.69, 9.17) is 4.74 Å². The number of fused-ring (bicyclic) bond motifs is 1. The minimum Gasteiger partial charge on any atom is -0.410 e. The summed E-state index contributed by atoms with van der Waals surface area (Å²) in [6.45, 7) is 0.365. The van der Waals surface area contributed by atoms with Crippen LogP contribution in [0.5, 0.6) is 5.75 Å². The van der Waals surface area contributed by atoms with Crippen molar-refractivity contribution < 1.29 is 28.6 Å². The average Bonchev–Trinajstić information content (AvgIpc) is 3.11. The summed E-state index contributed by atoms with van der Waals surface area (Å²) >= 11 is 0. The van der Waals surface area contributed by atoms with Crippen LogP contribution in [0.1, 0.15) is 34.3 Å². The highest BCUT2D eigenvalue weighted by atomic mass is 19.1. The Morgan fingerprint density at radius 3 is 2.82 bits per heavy atom. The number of rotatable bonds is 5. The Morgan fingerprint density at radius 2 is 2.09 bits per heavy atom. The molecule has 33 heavy (non-hydrogen) atoms. The molecule has 2 aliphatic heterocycles. The fourth-order valence-electron chi connectivity index (χ4n) is 4.02.